The molecule has 1 N–H and O–H groups in total. The second-order valence-corrected chi connectivity index (χ2v) is 5.85. The lowest BCUT2D eigenvalue weighted by atomic mass is 10.1. The highest BCUT2D eigenvalue weighted by Gasteiger charge is 2.31. The lowest BCUT2D eigenvalue weighted by Crippen LogP contribution is -2.37. The molecule has 1 saturated heterocycles. The number of benzene rings is 1. The van der Waals surface area contributed by atoms with Crippen LogP contribution in [-0.2, 0) is 0 Å². The minimum atomic E-state index is -0.456. The number of carbonyl (C=O) groups is 1. The van der Waals surface area contributed by atoms with Crippen LogP contribution < -0.4 is 5.43 Å². The number of likely N-dealkylation sites (tertiary alicyclic amines) is 1. The van der Waals surface area contributed by atoms with E-state index in [1.807, 2.05) is 0 Å². The number of para-hydroxylation sites is 1. The summed E-state index contributed by atoms with van der Waals surface area (Å²) in [6, 6.07) is 8.17. The molecule has 1 fully saturated rings. The Kier molecular flexibility index (Phi) is 3.98. The topological polar surface area (TPSA) is 70.8 Å². The van der Waals surface area contributed by atoms with E-state index in [-0.39, 0.29) is 23.1 Å². The molecule has 1 aliphatic heterocycles. The maximum Gasteiger partial charge on any atom is 0.289 e. The van der Waals surface area contributed by atoms with Crippen molar-refractivity contribution in [2.45, 2.75) is 38.3 Å². The minimum Gasteiger partial charge on any atom is -0.451 e. The molecule has 2 atom stereocenters. The molecule has 0 saturated carbocycles. The maximum absolute atomic E-state index is 12.6. The molecular formula is C17H19NO4. The quantitative estimate of drug-likeness (QED) is 0.943. The summed E-state index contributed by atoms with van der Waals surface area (Å²) in [5.74, 6) is -0.202. The Morgan fingerprint density at radius 2 is 2.23 bits per heavy atom. The van der Waals surface area contributed by atoms with Gasteiger partial charge in [-0.25, -0.2) is 0 Å². The standard InChI is InChI=1S/C17H19NO4/c1-11(19)9-12-5-4-8-18(12)17(21)16-10-14(20)13-6-2-3-7-15(13)22-16/h2-3,6-7,10-12,19H,4-5,8-9H2,1H3. The zero-order valence-electron chi connectivity index (χ0n) is 12.5. The van der Waals surface area contributed by atoms with E-state index in [0.29, 0.717) is 23.9 Å². The molecule has 22 heavy (non-hydrogen) atoms. The Balaban J connectivity index is 1.93. The molecule has 2 aromatic rings. The Morgan fingerprint density at radius 3 is 3.00 bits per heavy atom. The van der Waals surface area contributed by atoms with Crippen molar-refractivity contribution in [1.29, 1.82) is 0 Å². The van der Waals surface area contributed by atoms with Crippen molar-refractivity contribution in [3.63, 3.8) is 0 Å². The first-order valence-electron chi connectivity index (χ1n) is 7.58. The summed E-state index contributed by atoms with van der Waals surface area (Å²) in [5, 5.41) is 10.0. The fourth-order valence-corrected chi connectivity index (χ4v) is 3.09. The second kappa shape index (κ2) is 5.93. The summed E-state index contributed by atoms with van der Waals surface area (Å²) < 4.78 is 5.62. The average Bonchev–Trinajstić information content (AvgIpc) is 2.93. The predicted octanol–water partition coefficient (Wildman–Crippen LogP) is 2.17. The summed E-state index contributed by atoms with van der Waals surface area (Å²) in [6.07, 6.45) is 1.86. The van der Waals surface area contributed by atoms with Crippen molar-refractivity contribution in [2.24, 2.45) is 0 Å². The van der Waals surface area contributed by atoms with E-state index in [1.165, 1.54) is 6.07 Å². The number of aliphatic hydroxyl groups is 1. The molecule has 116 valence electrons. The summed E-state index contributed by atoms with van der Waals surface area (Å²) in [4.78, 5) is 26.5. The third-order valence-corrected chi connectivity index (χ3v) is 4.10. The van der Waals surface area contributed by atoms with Crippen molar-refractivity contribution < 1.29 is 14.3 Å². The van der Waals surface area contributed by atoms with E-state index in [2.05, 4.69) is 0 Å². The summed E-state index contributed by atoms with van der Waals surface area (Å²) in [6.45, 7) is 2.35. The summed E-state index contributed by atoms with van der Waals surface area (Å²) in [5.41, 5.74) is 0.209. The van der Waals surface area contributed by atoms with Crippen molar-refractivity contribution >= 4 is 16.9 Å². The van der Waals surface area contributed by atoms with Gasteiger partial charge in [0, 0.05) is 18.7 Å². The summed E-state index contributed by atoms with van der Waals surface area (Å²) >= 11 is 0. The average molecular weight is 301 g/mol. The highest BCUT2D eigenvalue weighted by atomic mass is 16.3. The summed E-state index contributed by atoms with van der Waals surface area (Å²) in [7, 11) is 0. The largest absolute Gasteiger partial charge is 0.451 e. The van der Waals surface area contributed by atoms with Gasteiger partial charge in [-0.2, -0.15) is 0 Å². The molecule has 5 heteroatoms. The number of aliphatic hydroxyl groups excluding tert-OH is 1. The number of nitrogens with zero attached hydrogens (tertiary/aromatic N) is 1. The Morgan fingerprint density at radius 1 is 1.45 bits per heavy atom. The first kappa shape index (κ1) is 14.8. The number of rotatable bonds is 3. The first-order valence-corrected chi connectivity index (χ1v) is 7.58. The van der Waals surface area contributed by atoms with Crippen LogP contribution in [0, 0.1) is 0 Å². The van der Waals surface area contributed by atoms with Crippen LogP contribution in [0.25, 0.3) is 11.0 Å². The van der Waals surface area contributed by atoms with Crippen molar-refractivity contribution in [2.75, 3.05) is 6.54 Å². The smallest absolute Gasteiger partial charge is 0.289 e. The van der Waals surface area contributed by atoms with Crippen LogP contribution in [0.3, 0.4) is 0 Å². The fourth-order valence-electron chi connectivity index (χ4n) is 3.09. The third-order valence-electron chi connectivity index (χ3n) is 4.10. The zero-order chi connectivity index (χ0) is 15.7. The van der Waals surface area contributed by atoms with Gasteiger partial charge in [0.15, 0.2) is 11.2 Å². The molecule has 0 spiro atoms. The lowest BCUT2D eigenvalue weighted by Gasteiger charge is -2.25. The molecule has 1 amide bonds. The predicted molar refractivity (Wildman–Crippen MR) is 82.8 cm³/mol. The number of hydrogen-bond donors (Lipinski definition) is 1. The van der Waals surface area contributed by atoms with Crippen molar-refractivity contribution in [3.8, 4) is 0 Å². The molecule has 0 bridgehead atoms. The number of hydrogen-bond acceptors (Lipinski definition) is 4. The zero-order valence-corrected chi connectivity index (χ0v) is 12.5. The maximum atomic E-state index is 12.6. The molecule has 0 radical (unpaired) electrons. The number of amides is 1. The van der Waals surface area contributed by atoms with E-state index in [9.17, 15) is 14.7 Å². The van der Waals surface area contributed by atoms with Gasteiger partial charge in [-0.3, -0.25) is 9.59 Å². The molecule has 3 rings (SSSR count). The SMILES string of the molecule is CC(O)CC1CCCN1C(=O)c1cc(=O)c2ccccc2o1. The molecule has 2 unspecified atom stereocenters. The molecule has 1 aliphatic rings. The van der Waals surface area contributed by atoms with E-state index < -0.39 is 6.10 Å². The van der Waals surface area contributed by atoms with E-state index in [1.54, 1.807) is 36.1 Å². The van der Waals surface area contributed by atoms with Crippen LogP contribution in [0.4, 0.5) is 0 Å². The van der Waals surface area contributed by atoms with Gasteiger partial charge in [-0.1, -0.05) is 12.1 Å². The van der Waals surface area contributed by atoms with Crippen LogP contribution >= 0.6 is 0 Å². The Labute approximate surface area is 128 Å². The lowest BCUT2D eigenvalue weighted by molar-refractivity contribution is 0.0651. The molecule has 1 aromatic heterocycles. The normalized spacial score (nSPS) is 19.5. The van der Waals surface area contributed by atoms with Crippen molar-refractivity contribution in [3.05, 3.63) is 46.3 Å². The Hall–Kier alpha value is -2.14. The number of fused-ring (bicyclic) bond motifs is 1. The van der Waals surface area contributed by atoms with E-state index >= 15 is 0 Å². The number of carbonyl (C=O) groups excluding carboxylic acids is 1. The van der Waals surface area contributed by atoms with Gasteiger partial charge in [0.1, 0.15) is 5.58 Å². The Bertz CT molecular complexity index is 750. The van der Waals surface area contributed by atoms with Gasteiger partial charge in [-0.05, 0) is 38.3 Å². The fraction of sp³-hybridized carbons (Fsp3) is 0.412. The molecule has 1 aromatic carbocycles. The monoisotopic (exact) mass is 301 g/mol. The third kappa shape index (κ3) is 2.76. The molecule has 0 aliphatic carbocycles. The van der Waals surface area contributed by atoms with Gasteiger partial charge in [-0.15, -0.1) is 0 Å². The first-order chi connectivity index (χ1) is 10.6. The van der Waals surface area contributed by atoms with Gasteiger partial charge in [0.25, 0.3) is 5.91 Å². The van der Waals surface area contributed by atoms with Crippen LogP contribution in [0.2, 0.25) is 0 Å². The second-order valence-electron chi connectivity index (χ2n) is 5.85. The van der Waals surface area contributed by atoms with E-state index in [4.69, 9.17) is 4.42 Å². The van der Waals surface area contributed by atoms with Gasteiger partial charge in [0.05, 0.1) is 11.5 Å². The van der Waals surface area contributed by atoms with Crippen LogP contribution in [-0.4, -0.2) is 34.6 Å². The van der Waals surface area contributed by atoms with Crippen LogP contribution in [0.1, 0.15) is 36.7 Å². The minimum absolute atomic E-state index is 0.00396. The van der Waals surface area contributed by atoms with Crippen molar-refractivity contribution in [1.82, 2.24) is 4.90 Å². The molecule has 2 heterocycles. The van der Waals surface area contributed by atoms with Gasteiger partial charge >= 0.3 is 0 Å². The van der Waals surface area contributed by atoms with Crippen LogP contribution in [0.5, 0.6) is 0 Å². The van der Waals surface area contributed by atoms with Crippen LogP contribution in [0.15, 0.2) is 39.5 Å². The highest BCUT2D eigenvalue weighted by molar-refractivity contribution is 5.93. The van der Waals surface area contributed by atoms with E-state index in [0.717, 1.165) is 12.8 Å². The van der Waals surface area contributed by atoms with Gasteiger partial charge in [0.2, 0.25) is 0 Å². The molecule has 5 nitrogen and oxygen atoms in total. The molecular weight excluding hydrogens is 282 g/mol. The highest BCUT2D eigenvalue weighted by Crippen LogP contribution is 2.24. The van der Waals surface area contributed by atoms with Gasteiger partial charge < -0.3 is 14.4 Å².